The summed E-state index contributed by atoms with van der Waals surface area (Å²) < 4.78 is 68.9. The van der Waals surface area contributed by atoms with Gasteiger partial charge in [0.25, 0.3) is 0 Å². The molecule has 0 saturated carbocycles. The molecule has 0 aromatic carbocycles. The molecule has 3 N–H and O–H groups in total. The normalized spacial score (nSPS) is 13.8. The summed E-state index contributed by atoms with van der Waals surface area (Å²) in [6.45, 7) is 9.72. The number of esters is 4. The number of aliphatic hydroxyl groups is 1. The molecule has 0 radical (unpaired) electrons. The monoisotopic (exact) mass is 1560 g/mol. The first-order valence-corrected chi connectivity index (χ1v) is 48.5. The van der Waals surface area contributed by atoms with Crippen LogP contribution in [-0.4, -0.2) is 96.7 Å². The van der Waals surface area contributed by atoms with Crippen LogP contribution < -0.4 is 0 Å². The predicted octanol–water partition coefficient (Wildman–Crippen LogP) is 27.0. The maximum atomic E-state index is 13.2. The third-order valence-corrected chi connectivity index (χ3v) is 22.6. The molecule has 0 heterocycles. The van der Waals surface area contributed by atoms with Crippen LogP contribution >= 0.6 is 15.6 Å². The van der Waals surface area contributed by atoms with E-state index >= 15 is 0 Å². The molecule has 0 aromatic heterocycles. The summed E-state index contributed by atoms with van der Waals surface area (Å²) in [5.74, 6) is -0.493. The van der Waals surface area contributed by atoms with E-state index < -0.39 is 97.5 Å². The number of carbonyl (C=O) groups is 4. The highest BCUT2D eigenvalue weighted by Gasteiger charge is 2.30. The van der Waals surface area contributed by atoms with Gasteiger partial charge in [0.05, 0.1) is 26.4 Å². The smallest absolute Gasteiger partial charge is 0.462 e. The fourth-order valence-corrected chi connectivity index (χ4v) is 15.4. The first-order chi connectivity index (χ1) is 51.9. The second kappa shape index (κ2) is 79.3. The molecule has 5 atom stereocenters. The van der Waals surface area contributed by atoms with E-state index in [0.717, 1.165) is 102 Å². The van der Waals surface area contributed by atoms with Gasteiger partial charge >= 0.3 is 39.5 Å². The van der Waals surface area contributed by atoms with Gasteiger partial charge in [-0.05, 0) is 37.5 Å². The van der Waals surface area contributed by atoms with E-state index in [1.165, 1.54) is 289 Å². The lowest BCUT2D eigenvalue weighted by Crippen LogP contribution is -2.30. The van der Waals surface area contributed by atoms with Gasteiger partial charge in [0, 0.05) is 25.7 Å². The Morgan fingerprint density at radius 2 is 0.430 bits per heavy atom. The lowest BCUT2D eigenvalue weighted by Gasteiger charge is -2.21. The number of phosphoric ester groups is 2. The predicted molar refractivity (Wildman–Crippen MR) is 442 cm³/mol. The van der Waals surface area contributed by atoms with Crippen LogP contribution in [0.2, 0.25) is 0 Å². The number of ether oxygens (including phenoxy) is 4. The van der Waals surface area contributed by atoms with Gasteiger partial charge in [-0.1, -0.05) is 420 Å². The summed E-state index contributed by atoms with van der Waals surface area (Å²) in [4.78, 5) is 73.2. The van der Waals surface area contributed by atoms with Crippen molar-refractivity contribution in [1.82, 2.24) is 0 Å². The van der Waals surface area contributed by atoms with Crippen LogP contribution in [0.5, 0.6) is 0 Å². The summed E-state index contributed by atoms with van der Waals surface area (Å²) in [5.41, 5.74) is 0. The number of rotatable bonds is 87. The van der Waals surface area contributed by atoms with Gasteiger partial charge < -0.3 is 33.8 Å². The van der Waals surface area contributed by atoms with Gasteiger partial charge in [-0.25, -0.2) is 9.13 Å². The van der Waals surface area contributed by atoms with Crippen molar-refractivity contribution in [3.63, 3.8) is 0 Å². The minimum Gasteiger partial charge on any atom is -0.462 e. The molecule has 0 saturated heterocycles. The van der Waals surface area contributed by atoms with E-state index in [2.05, 4.69) is 41.5 Å². The highest BCUT2D eigenvalue weighted by Crippen LogP contribution is 2.45. The van der Waals surface area contributed by atoms with Crippen LogP contribution in [0.15, 0.2) is 0 Å². The van der Waals surface area contributed by atoms with E-state index in [9.17, 15) is 43.2 Å². The van der Waals surface area contributed by atoms with Crippen molar-refractivity contribution >= 4 is 39.5 Å². The number of hydrogen-bond acceptors (Lipinski definition) is 15. The number of carbonyl (C=O) groups excluding carboxylic acids is 4. The standard InChI is InChI=1S/C88H172O17P2/c1-7-9-11-13-15-17-18-19-20-21-22-23-24-25-26-31-37-42-48-54-60-66-72-88(93)105-84(77-99-86(91)71-65-59-53-47-41-36-30-28-27-29-34-39-45-50-56-62-68-80(3)4)79-103-107(96,97)101-75-82(89)74-100-106(94,95)102-78-83(76-98-85(90)70-64-58-52-44-16-14-12-10-8-2)104-87(92)73-67-61-55-49-43-38-33-32-35-40-46-51-57-63-69-81(5)6/h80-84,89H,7-79H2,1-6H3,(H,94,95)(H,96,97)/t82-,83+,84+/m0/s1. The van der Waals surface area contributed by atoms with Gasteiger partial charge in [0.2, 0.25) is 0 Å². The second-order valence-electron chi connectivity index (χ2n) is 32.6. The molecule has 0 amide bonds. The second-order valence-corrected chi connectivity index (χ2v) is 35.5. The molecule has 0 aliphatic rings. The number of phosphoric acid groups is 2. The minimum absolute atomic E-state index is 0.108. The zero-order valence-corrected chi connectivity index (χ0v) is 72.2. The van der Waals surface area contributed by atoms with E-state index in [1.807, 2.05) is 0 Å². The van der Waals surface area contributed by atoms with Crippen molar-refractivity contribution in [2.75, 3.05) is 39.6 Å². The highest BCUT2D eigenvalue weighted by atomic mass is 31.2. The average Bonchev–Trinajstić information content (AvgIpc) is 0.901. The van der Waals surface area contributed by atoms with Gasteiger partial charge in [0.15, 0.2) is 12.2 Å². The summed E-state index contributed by atoms with van der Waals surface area (Å²) in [6, 6.07) is 0. The van der Waals surface area contributed by atoms with E-state index in [1.54, 1.807) is 0 Å². The maximum absolute atomic E-state index is 13.2. The Morgan fingerprint density at radius 3 is 0.636 bits per heavy atom. The number of hydrogen-bond donors (Lipinski definition) is 3. The number of aliphatic hydroxyl groups excluding tert-OH is 1. The topological polar surface area (TPSA) is 237 Å². The quantitative estimate of drug-likeness (QED) is 0.0222. The molecular weight excluding hydrogens is 1390 g/mol. The van der Waals surface area contributed by atoms with Crippen molar-refractivity contribution in [1.29, 1.82) is 0 Å². The summed E-state index contributed by atoms with van der Waals surface area (Å²) in [6.07, 6.45) is 72.3. The van der Waals surface area contributed by atoms with Gasteiger partial charge in [-0.2, -0.15) is 0 Å². The number of unbranched alkanes of at least 4 members (excludes halogenated alkanes) is 57. The van der Waals surface area contributed by atoms with Crippen LogP contribution in [0.1, 0.15) is 472 Å². The molecular formula is C88H172O17P2. The van der Waals surface area contributed by atoms with Crippen molar-refractivity contribution in [2.24, 2.45) is 11.8 Å². The first-order valence-electron chi connectivity index (χ1n) is 45.5. The fourth-order valence-electron chi connectivity index (χ4n) is 13.8. The molecule has 17 nitrogen and oxygen atoms in total. The lowest BCUT2D eigenvalue weighted by molar-refractivity contribution is -0.161. The lowest BCUT2D eigenvalue weighted by atomic mass is 10.0. The SMILES string of the molecule is CCCCCCCCCCCCCCCCCCCCCCCCC(=O)O[C@H](COC(=O)CCCCCCCCCCCCCCCCCCC(C)C)COP(=O)(O)OC[C@@H](O)COP(=O)(O)OC[C@@H](COC(=O)CCCCCCCCCCC)OC(=O)CCCCCCCCCCCCCCCCC(C)C. The summed E-state index contributed by atoms with van der Waals surface area (Å²) in [5, 5.41) is 10.7. The van der Waals surface area contributed by atoms with Crippen molar-refractivity contribution in [2.45, 2.75) is 490 Å². The summed E-state index contributed by atoms with van der Waals surface area (Å²) >= 11 is 0. The third-order valence-electron chi connectivity index (χ3n) is 20.7. The molecule has 0 spiro atoms. The highest BCUT2D eigenvalue weighted by molar-refractivity contribution is 7.47. The van der Waals surface area contributed by atoms with Crippen molar-refractivity contribution in [3.05, 3.63) is 0 Å². The van der Waals surface area contributed by atoms with Crippen molar-refractivity contribution in [3.8, 4) is 0 Å². The summed E-state index contributed by atoms with van der Waals surface area (Å²) in [7, 11) is -9.93. The Morgan fingerprint density at radius 1 is 0.252 bits per heavy atom. The largest absolute Gasteiger partial charge is 0.472 e. The van der Waals surface area contributed by atoms with Gasteiger partial charge in [-0.3, -0.25) is 37.3 Å². The molecule has 0 rings (SSSR count). The van der Waals surface area contributed by atoms with E-state index in [-0.39, 0.29) is 25.7 Å². The Hall–Kier alpha value is -1.94. The van der Waals surface area contributed by atoms with E-state index in [4.69, 9.17) is 37.0 Å². The molecule has 0 aliphatic carbocycles. The average molecular weight is 1560 g/mol. The molecule has 636 valence electrons. The van der Waals surface area contributed by atoms with Gasteiger partial charge in [-0.15, -0.1) is 0 Å². The first kappa shape index (κ1) is 105. The Balaban J connectivity index is 5.20. The zero-order valence-electron chi connectivity index (χ0n) is 70.5. The molecule has 0 bridgehead atoms. The molecule has 0 aromatic rings. The maximum Gasteiger partial charge on any atom is 0.472 e. The van der Waals surface area contributed by atoms with Crippen LogP contribution in [-0.2, 0) is 65.4 Å². The third kappa shape index (κ3) is 81.9. The van der Waals surface area contributed by atoms with E-state index in [0.29, 0.717) is 25.7 Å². The molecule has 107 heavy (non-hydrogen) atoms. The Kier molecular flexibility index (Phi) is 77.9. The molecule has 0 aliphatic heterocycles. The van der Waals surface area contributed by atoms with Crippen LogP contribution in [0.25, 0.3) is 0 Å². The van der Waals surface area contributed by atoms with Crippen molar-refractivity contribution < 1.29 is 80.2 Å². The Bertz CT molecular complexity index is 2050. The van der Waals surface area contributed by atoms with Crippen LogP contribution in [0.4, 0.5) is 0 Å². The van der Waals surface area contributed by atoms with Crippen LogP contribution in [0, 0.1) is 11.8 Å². The molecule has 2 unspecified atom stereocenters. The molecule has 19 heteroatoms. The zero-order chi connectivity index (χ0) is 78.5. The molecule has 0 fully saturated rings. The minimum atomic E-state index is -4.97. The van der Waals surface area contributed by atoms with Gasteiger partial charge in [0.1, 0.15) is 19.3 Å². The fraction of sp³-hybridized carbons (Fsp3) is 0.955. The van der Waals surface area contributed by atoms with Crippen LogP contribution in [0.3, 0.4) is 0 Å². The Labute approximate surface area is 658 Å².